The van der Waals surface area contributed by atoms with Crippen LogP contribution in [-0.2, 0) is 4.79 Å². The fourth-order valence-electron chi connectivity index (χ4n) is 1.68. The highest BCUT2D eigenvalue weighted by Gasteiger charge is 2.10. The van der Waals surface area contributed by atoms with E-state index >= 15 is 0 Å². The highest BCUT2D eigenvalue weighted by atomic mass is 35.5. The summed E-state index contributed by atoms with van der Waals surface area (Å²) < 4.78 is 18.9. The lowest BCUT2D eigenvalue weighted by molar-refractivity contribution is -0.116. The predicted molar refractivity (Wildman–Crippen MR) is 81.0 cm³/mol. The lowest BCUT2D eigenvalue weighted by Crippen LogP contribution is -2.16. The summed E-state index contributed by atoms with van der Waals surface area (Å²) in [5.41, 5.74) is 6.18. The van der Waals surface area contributed by atoms with E-state index in [9.17, 15) is 9.18 Å². The van der Waals surface area contributed by atoms with Crippen LogP contribution in [0.2, 0.25) is 5.02 Å². The molecule has 1 amide bonds. The summed E-state index contributed by atoms with van der Waals surface area (Å²) in [4.78, 5) is 11.7. The van der Waals surface area contributed by atoms with Crippen molar-refractivity contribution in [3.63, 3.8) is 0 Å². The van der Waals surface area contributed by atoms with Crippen LogP contribution in [0.1, 0.15) is 6.42 Å². The minimum atomic E-state index is -0.580. The second kappa shape index (κ2) is 6.95. The molecule has 6 heteroatoms. The first kappa shape index (κ1) is 15.1. The van der Waals surface area contributed by atoms with Crippen LogP contribution in [0.25, 0.3) is 0 Å². The lowest BCUT2D eigenvalue weighted by Gasteiger charge is -2.10. The highest BCUT2D eigenvalue weighted by molar-refractivity contribution is 6.33. The Kier molecular flexibility index (Phi) is 5.00. The largest absolute Gasteiger partial charge is 0.491 e. The van der Waals surface area contributed by atoms with Crippen LogP contribution in [0.15, 0.2) is 42.5 Å². The van der Waals surface area contributed by atoms with Gasteiger partial charge in [-0.1, -0.05) is 29.8 Å². The second-order valence-electron chi connectivity index (χ2n) is 4.28. The number of para-hydroxylation sites is 3. The molecule has 2 aromatic rings. The first-order valence-corrected chi connectivity index (χ1v) is 6.67. The number of amides is 1. The molecule has 0 saturated carbocycles. The van der Waals surface area contributed by atoms with Crippen molar-refractivity contribution in [1.29, 1.82) is 0 Å². The summed E-state index contributed by atoms with van der Waals surface area (Å²) in [6.07, 6.45) is 0.0546. The molecule has 0 aliphatic heterocycles. The molecule has 0 aliphatic carbocycles. The van der Waals surface area contributed by atoms with Gasteiger partial charge in [0.15, 0.2) is 0 Å². The molecule has 0 fully saturated rings. The topological polar surface area (TPSA) is 64.3 Å². The van der Waals surface area contributed by atoms with Crippen molar-refractivity contribution in [3.8, 4) is 5.75 Å². The average Bonchev–Trinajstić information content (AvgIpc) is 2.45. The first-order valence-electron chi connectivity index (χ1n) is 6.29. The van der Waals surface area contributed by atoms with E-state index in [0.29, 0.717) is 11.4 Å². The normalized spacial score (nSPS) is 10.2. The number of rotatable bonds is 5. The number of carbonyl (C=O) groups excluding carboxylic acids is 1. The number of halogens is 2. The third kappa shape index (κ3) is 4.10. The Labute approximate surface area is 126 Å². The number of ether oxygens (including phenoxy) is 1. The number of carbonyl (C=O) groups is 1. The molecule has 0 bridgehead atoms. The Hall–Kier alpha value is -2.27. The third-order valence-corrected chi connectivity index (χ3v) is 3.05. The molecule has 0 unspecified atom stereocenters. The minimum Gasteiger partial charge on any atom is -0.491 e. The smallest absolute Gasteiger partial charge is 0.227 e. The average molecular weight is 309 g/mol. The van der Waals surface area contributed by atoms with Crippen molar-refractivity contribution in [1.82, 2.24) is 0 Å². The van der Waals surface area contributed by atoms with Crippen LogP contribution in [-0.4, -0.2) is 12.5 Å². The van der Waals surface area contributed by atoms with Crippen molar-refractivity contribution in [2.24, 2.45) is 0 Å². The fourth-order valence-corrected chi connectivity index (χ4v) is 1.90. The molecule has 2 aromatic carbocycles. The summed E-state index contributed by atoms with van der Waals surface area (Å²) in [6, 6.07) is 11.2. The van der Waals surface area contributed by atoms with E-state index in [1.807, 2.05) is 0 Å². The summed E-state index contributed by atoms with van der Waals surface area (Å²) in [7, 11) is 0. The third-order valence-electron chi connectivity index (χ3n) is 2.73. The van der Waals surface area contributed by atoms with E-state index in [2.05, 4.69) is 5.32 Å². The maximum Gasteiger partial charge on any atom is 0.227 e. The number of nitrogens with one attached hydrogen (secondary N) is 1. The van der Waals surface area contributed by atoms with Crippen LogP contribution in [0.5, 0.6) is 5.75 Å². The summed E-state index contributed by atoms with van der Waals surface area (Å²) in [6.45, 7) is 0.131. The van der Waals surface area contributed by atoms with Crippen LogP contribution in [0, 0.1) is 5.82 Å². The predicted octanol–water partition coefficient (Wildman–Crippen LogP) is 3.47. The van der Waals surface area contributed by atoms with Gasteiger partial charge >= 0.3 is 0 Å². The molecule has 3 N–H and O–H groups in total. The van der Waals surface area contributed by atoms with Crippen LogP contribution < -0.4 is 15.8 Å². The molecule has 4 nitrogen and oxygen atoms in total. The molecule has 0 spiro atoms. The molecule has 21 heavy (non-hydrogen) atoms. The lowest BCUT2D eigenvalue weighted by atomic mass is 10.3. The van der Waals surface area contributed by atoms with Gasteiger partial charge in [0.1, 0.15) is 11.6 Å². The molecule has 0 aromatic heterocycles. The van der Waals surface area contributed by atoms with Gasteiger partial charge in [-0.2, -0.15) is 0 Å². The molecule has 0 saturated heterocycles. The zero-order valence-electron chi connectivity index (χ0n) is 11.1. The molecule has 0 heterocycles. The molecular formula is C15H14ClFN2O2. The van der Waals surface area contributed by atoms with E-state index in [-0.39, 0.29) is 23.7 Å². The van der Waals surface area contributed by atoms with Crippen LogP contribution in [0.4, 0.5) is 15.8 Å². The van der Waals surface area contributed by atoms with Gasteiger partial charge in [0.2, 0.25) is 5.91 Å². The Morgan fingerprint density at radius 2 is 2.00 bits per heavy atom. The Bertz CT molecular complexity index is 629. The number of nitrogens with two attached hydrogens (primary N) is 1. The second-order valence-corrected chi connectivity index (χ2v) is 4.69. The first-order chi connectivity index (χ1) is 10.1. The maximum atomic E-state index is 13.5. The molecule has 0 radical (unpaired) electrons. The quantitative estimate of drug-likeness (QED) is 0.831. The van der Waals surface area contributed by atoms with E-state index < -0.39 is 11.7 Å². The molecule has 2 rings (SSSR count). The number of hydrogen-bond acceptors (Lipinski definition) is 3. The zero-order valence-corrected chi connectivity index (χ0v) is 11.9. The highest BCUT2D eigenvalue weighted by Crippen LogP contribution is 2.24. The fraction of sp³-hybridized carbons (Fsp3) is 0.133. The van der Waals surface area contributed by atoms with E-state index in [0.717, 1.165) is 0 Å². The summed E-state index contributed by atoms with van der Waals surface area (Å²) >= 11 is 5.82. The van der Waals surface area contributed by atoms with Crippen molar-refractivity contribution < 1.29 is 13.9 Å². The van der Waals surface area contributed by atoms with Gasteiger partial charge in [-0.25, -0.2) is 4.39 Å². The van der Waals surface area contributed by atoms with Crippen molar-refractivity contribution in [2.45, 2.75) is 6.42 Å². The van der Waals surface area contributed by atoms with Gasteiger partial charge in [0.25, 0.3) is 0 Å². The Morgan fingerprint density at radius 3 is 2.71 bits per heavy atom. The molecule has 110 valence electrons. The number of benzene rings is 2. The minimum absolute atomic E-state index is 0.0246. The van der Waals surface area contributed by atoms with Crippen LogP contribution >= 0.6 is 11.6 Å². The van der Waals surface area contributed by atoms with Crippen molar-refractivity contribution in [2.75, 3.05) is 17.7 Å². The van der Waals surface area contributed by atoms with Gasteiger partial charge < -0.3 is 15.8 Å². The SMILES string of the molecule is Nc1ccccc1OCCC(=O)Nc1c(F)cccc1Cl. The van der Waals surface area contributed by atoms with E-state index in [1.54, 1.807) is 24.3 Å². The maximum absolute atomic E-state index is 13.5. The van der Waals surface area contributed by atoms with Gasteiger partial charge in [-0.15, -0.1) is 0 Å². The number of anilines is 2. The van der Waals surface area contributed by atoms with Crippen molar-refractivity contribution in [3.05, 3.63) is 53.3 Å². The molecule has 0 aliphatic rings. The Balaban J connectivity index is 1.87. The standard InChI is InChI=1S/C15H14ClFN2O2/c16-10-4-3-5-11(17)15(10)19-14(20)8-9-21-13-7-2-1-6-12(13)18/h1-7H,8-9,18H2,(H,19,20). The van der Waals surface area contributed by atoms with Gasteiger partial charge in [-0.05, 0) is 24.3 Å². The van der Waals surface area contributed by atoms with Crippen LogP contribution in [0.3, 0.4) is 0 Å². The molecule has 0 atom stereocenters. The van der Waals surface area contributed by atoms with Gasteiger partial charge in [0.05, 0.1) is 29.4 Å². The monoisotopic (exact) mass is 308 g/mol. The van der Waals surface area contributed by atoms with Gasteiger partial charge in [0, 0.05) is 0 Å². The summed E-state index contributed by atoms with van der Waals surface area (Å²) in [5, 5.41) is 2.57. The number of hydrogen-bond donors (Lipinski definition) is 2. The Morgan fingerprint density at radius 1 is 1.24 bits per heavy atom. The van der Waals surface area contributed by atoms with E-state index in [1.165, 1.54) is 18.2 Å². The zero-order chi connectivity index (χ0) is 15.2. The van der Waals surface area contributed by atoms with Gasteiger partial charge in [-0.3, -0.25) is 4.79 Å². The van der Waals surface area contributed by atoms with E-state index in [4.69, 9.17) is 22.1 Å². The number of nitrogen functional groups attached to an aromatic ring is 1. The summed E-state index contributed by atoms with van der Waals surface area (Å²) in [5.74, 6) is -0.463. The van der Waals surface area contributed by atoms with Crippen molar-refractivity contribution >= 4 is 28.9 Å². The molecular weight excluding hydrogens is 295 g/mol.